The number of amides is 1. The van der Waals surface area contributed by atoms with Gasteiger partial charge < -0.3 is 14.2 Å². The van der Waals surface area contributed by atoms with Gasteiger partial charge in [-0.1, -0.05) is 43.7 Å². The zero-order valence-corrected chi connectivity index (χ0v) is 14.1. The summed E-state index contributed by atoms with van der Waals surface area (Å²) in [5, 5.41) is 0. The molecule has 0 aliphatic heterocycles. The number of benzene rings is 1. The fourth-order valence-corrected chi connectivity index (χ4v) is 2.58. The Morgan fingerprint density at radius 2 is 1.96 bits per heavy atom. The van der Waals surface area contributed by atoms with Gasteiger partial charge in [-0.2, -0.15) is 0 Å². The smallest absolute Gasteiger partial charge is 0.248 e. The minimum atomic E-state index is 0.0495. The van der Waals surface area contributed by atoms with E-state index in [-0.39, 0.29) is 12.5 Å². The van der Waals surface area contributed by atoms with Crippen LogP contribution in [0.25, 0.3) is 0 Å². The number of hydrogen-bond donors (Lipinski definition) is 0. The number of carbonyl (C=O) groups is 1. The fraction of sp³-hybridized carbons (Fsp3) is 0.421. The number of rotatable bonds is 9. The number of hydrogen-bond acceptors (Lipinski definition) is 2. The zero-order chi connectivity index (χ0) is 16.5. The van der Waals surface area contributed by atoms with E-state index in [9.17, 15) is 4.79 Å². The lowest BCUT2D eigenvalue weighted by Gasteiger charge is -2.23. The van der Waals surface area contributed by atoms with Crippen molar-refractivity contribution in [1.82, 2.24) is 9.47 Å². The van der Waals surface area contributed by atoms with E-state index in [4.69, 9.17) is 4.74 Å². The van der Waals surface area contributed by atoms with E-state index in [1.54, 1.807) is 7.11 Å². The molecule has 4 heteroatoms. The Kier molecular flexibility index (Phi) is 6.88. The summed E-state index contributed by atoms with van der Waals surface area (Å²) < 4.78 is 7.21. The summed E-state index contributed by atoms with van der Waals surface area (Å²) in [6.45, 7) is 4.50. The first-order chi connectivity index (χ1) is 11.2. The van der Waals surface area contributed by atoms with Crippen LogP contribution in [0.3, 0.4) is 0 Å². The van der Waals surface area contributed by atoms with Crippen LogP contribution >= 0.6 is 0 Å². The number of nitrogens with zero attached hydrogens (tertiary/aromatic N) is 2. The molecule has 124 valence electrons. The van der Waals surface area contributed by atoms with Crippen LogP contribution in [-0.2, 0) is 22.6 Å². The van der Waals surface area contributed by atoms with Crippen LogP contribution < -0.4 is 0 Å². The maximum Gasteiger partial charge on any atom is 0.248 e. The molecule has 4 nitrogen and oxygen atoms in total. The van der Waals surface area contributed by atoms with E-state index < -0.39 is 0 Å². The highest BCUT2D eigenvalue weighted by atomic mass is 16.5. The van der Waals surface area contributed by atoms with Crippen molar-refractivity contribution in [2.24, 2.45) is 0 Å². The topological polar surface area (TPSA) is 34.5 Å². The molecule has 1 amide bonds. The summed E-state index contributed by atoms with van der Waals surface area (Å²) in [6, 6.07) is 14.5. The van der Waals surface area contributed by atoms with Gasteiger partial charge in [-0.3, -0.25) is 4.79 Å². The number of ether oxygens (including phenoxy) is 1. The van der Waals surface area contributed by atoms with Crippen molar-refractivity contribution >= 4 is 5.91 Å². The monoisotopic (exact) mass is 314 g/mol. The summed E-state index contributed by atoms with van der Waals surface area (Å²) >= 11 is 0. The van der Waals surface area contributed by atoms with Crippen molar-refractivity contribution in [2.45, 2.75) is 32.9 Å². The van der Waals surface area contributed by atoms with Gasteiger partial charge in [-0.05, 0) is 24.1 Å². The van der Waals surface area contributed by atoms with E-state index in [0.717, 1.165) is 31.6 Å². The van der Waals surface area contributed by atoms with Gasteiger partial charge >= 0.3 is 0 Å². The van der Waals surface area contributed by atoms with Crippen LogP contribution in [0.4, 0.5) is 0 Å². The number of aromatic nitrogens is 1. The molecule has 0 unspecified atom stereocenters. The predicted octanol–water partition coefficient (Wildman–Crippen LogP) is 3.31. The number of carbonyl (C=O) groups excluding carboxylic acids is 1. The third-order valence-electron chi connectivity index (χ3n) is 3.87. The third kappa shape index (κ3) is 5.25. The Morgan fingerprint density at radius 1 is 1.17 bits per heavy atom. The maximum atomic E-state index is 12.2. The van der Waals surface area contributed by atoms with Crippen LogP contribution in [0.2, 0.25) is 0 Å². The van der Waals surface area contributed by atoms with E-state index in [2.05, 4.69) is 35.9 Å². The Bertz CT molecular complexity index is 592. The van der Waals surface area contributed by atoms with Gasteiger partial charge in [0, 0.05) is 32.1 Å². The van der Waals surface area contributed by atoms with Crippen LogP contribution in [-0.4, -0.2) is 35.6 Å². The molecule has 2 rings (SSSR count). The lowest BCUT2D eigenvalue weighted by atomic mass is 10.2. The Morgan fingerprint density at radius 3 is 2.65 bits per heavy atom. The molecule has 0 aliphatic rings. The van der Waals surface area contributed by atoms with Gasteiger partial charge in [-0.25, -0.2) is 0 Å². The highest BCUT2D eigenvalue weighted by molar-refractivity contribution is 5.77. The molecule has 1 aromatic carbocycles. The summed E-state index contributed by atoms with van der Waals surface area (Å²) in [7, 11) is 1.56. The highest BCUT2D eigenvalue weighted by Crippen LogP contribution is 2.11. The Labute approximate surface area is 138 Å². The summed E-state index contributed by atoms with van der Waals surface area (Å²) in [6.07, 6.45) is 4.15. The van der Waals surface area contributed by atoms with E-state index in [0.29, 0.717) is 6.54 Å². The fourth-order valence-electron chi connectivity index (χ4n) is 2.58. The molecule has 1 heterocycles. The van der Waals surface area contributed by atoms with Gasteiger partial charge in [0.05, 0.1) is 6.54 Å². The normalized spacial score (nSPS) is 10.7. The Balaban J connectivity index is 2.07. The van der Waals surface area contributed by atoms with Crippen LogP contribution in [0.15, 0.2) is 48.7 Å². The summed E-state index contributed by atoms with van der Waals surface area (Å²) in [5.74, 6) is 0.0495. The van der Waals surface area contributed by atoms with Gasteiger partial charge in [-0.15, -0.1) is 0 Å². The van der Waals surface area contributed by atoms with Crippen LogP contribution in [0.5, 0.6) is 0 Å². The summed E-state index contributed by atoms with van der Waals surface area (Å²) in [4.78, 5) is 14.1. The van der Waals surface area contributed by atoms with Crippen molar-refractivity contribution in [3.05, 3.63) is 59.9 Å². The molecule has 0 aliphatic carbocycles. The maximum absolute atomic E-state index is 12.2. The standard InChI is InChI=1S/C19H26N2O2/c1-3-4-12-21(19(22)16-23-2)15-18-11-8-13-20(18)14-17-9-6-5-7-10-17/h5-11,13H,3-4,12,14-16H2,1-2H3. The van der Waals surface area contributed by atoms with Crippen molar-refractivity contribution in [3.8, 4) is 0 Å². The predicted molar refractivity (Wildman–Crippen MR) is 92.2 cm³/mol. The van der Waals surface area contributed by atoms with E-state index >= 15 is 0 Å². The average molecular weight is 314 g/mol. The first-order valence-corrected chi connectivity index (χ1v) is 8.19. The minimum absolute atomic E-state index is 0.0495. The molecule has 0 spiro atoms. The zero-order valence-electron chi connectivity index (χ0n) is 14.1. The molecule has 23 heavy (non-hydrogen) atoms. The second kappa shape index (κ2) is 9.16. The second-order valence-electron chi connectivity index (χ2n) is 5.71. The first kappa shape index (κ1) is 17.3. The quantitative estimate of drug-likeness (QED) is 0.711. The lowest BCUT2D eigenvalue weighted by molar-refractivity contribution is -0.135. The van der Waals surface area contributed by atoms with Crippen molar-refractivity contribution < 1.29 is 9.53 Å². The minimum Gasteiger partial charge on any atom is -0.375 e. The molecule has 0 bridgehead atoms. The molecule has 1 aromatic heterocycles. The molecule has 2 aromatic rings. The molecular formula is C19H26N2O2. The molecular weight excluding hydrogens is 288 g/mol. The van der Waals surface area contributed by atoms with Crippen LogP contribution in [0, 0.1) is 0 Å². The van der Waals surface area contributed by atoms with Gasteiger partial charge in [0.1, 0.15) is 6.61 Å². The number of unbranched alkanes of at least 4 members (excludes halogenated alkanes) is 1. The largest absolute Gasteiger partial charge is 0.375 e. The van der Waals surface area contributed by atoms with Crippen LogP contribution in [0.1, 0.15) is 31.0 Å². The average Bonchev–Trinajstić information content (AvgIpc) is 2.99. The van der Waals surface area contributed by atoms with E-state index in [1.165, 1.54) is 5.56 Å². The third-order valence-corrected chi connectivity index (χ3v) is 3.87. The molecule has 0 radical (unpaired) electrons. The number of methoxy groups -OCH3 is 1. The van der Waals surface area contributed by atoms with Gasteiger partial charge in [0.2, 0.25) is 5.91 Å². The molecule has 0 atom stereocenters. The first-order valence-electron chi connectivity index (χ1n) is 8.19. The SMILES string of the molecule is CCCCN(Cc1cccn1Cc1ccccc1)C(=O)COC. The molecule has 0 saturated heterocycles. The molecule has 0 saturated carbocycles. The lowest BCUT2D eigenvalue weighted by Crippen LogP contribution is -2.34. The Hall–Kier alpha value is -2.07. The van der Waals surface area contributed by atoms with Crippen molar-refractivity contribution in [1.29, 1.82) is 0 Å². The summed E-state index contributed by atoms with van der Waals surface area (Å²) in [5.41, 5.74) is 2.41. The van der Waals surface area contributed by atoms with Crippen molar-refractivity contribution in [2.75, 3.05) is 20.3 Å². The van der Waals surface area contributed by atoms with E-state index in [1.807, 2.05) is 29.2 Å². The molecule has 0 N–H and O–H groups in total. The van der Waals surface area contributed by atoms with Crippen molar-refractivity contribution in [3.63, 3.8) is 0 Å². The van der Waals surface area contributed by atoms with Gasteiger partial charge in [0.25, 0.3) is 0 Å². The highest BCUT2D eigenvalue weighted by Gasteiger charge is 2.15. The molecule has 0 fully saturated rings. The van der Waals surface area contributed by atoms with Gasteiger partial charge in [0.15, 0.2) is 0 Å². The second-order valence-corrected chi connectivity index (χ2v) is 5.71.